The maximum absolute atomic E-state index is 13.6. The van der Waals surface area contributed by atoms with Gasteiger partial charge in [0.05, 0.1) is 17.0 Å². The number of hydrogen-bond donors (Lipinski definition) is 0. The van der Waals surface area contributed by atoms with Crippen LogP contribution in [0.15, 0.2) is 24.3 Å². The Hall–Kier alpha value is -1.97. The number of carbonyl (C=O) groups excluding carboxylic acids is 1. The molecular formula is C12H11FN2O. The molecule has 0 saturated carbocycles. The van der Waals surface area contributed by atoms with E-state index in [0.717, 1.165) is 6.29 Å². The number of para-hydroxylation sites is 1. The van der Waals surface area contributed by atoms with Crippen LogP contribution in [0.3, 0.4) is 0 Å². The van der Waals surface area contributed by atoms with Gasteiger partial charge in [-0.05, 0) is 26.0 Å². The van der Waals surface area contributed by atoms with Crippen LogP contribution in [-0.2, 0) is 0 Å². The molecule has 1 aromatic heterocycles. The van der Waals surface area contributed by atoms with E-state index in [2.05, 4.69) is 5.10 Å². The van der Waals surface area contributed by atoms with Crippen molar-refractivity contribution in [2.75, 3.05) is 0 Å². The molecule has 0 bridgehead atoms. The number of aldehydes is 1. The minimum Gasteiger partial charge on any atom is -0.298 e. The second-order valence-electron chi connectivity index (χ2n) is 3.57. The van der Waals surface area contributed by atoms with Gasteiger partial charge in [0.2, 0.25) is 0 Å². The maximum Gasteiger partial charge on any atom is 0.153 e. The topological polar surface area (TPSA) is 34.9 Å². The summed E-state index contributed by atoms with van der Waals surface area (Å²) in [7, 11) is 0. The van der Waals surface area contributed by atoms with Gasteiger partial charge in [-0.2, -0.15) is 5.10 Å². The summed E-state index contributed by atoms with van der Waals surface area (Å²) in [6, 6.07) is 6.34. The minimum absolute atomic E-state index is 0.356. The minimum atomic E-state index is -0.356. The van der Waals surface area contributed by atoms with E-state index in [1.54, 1.807) is 32.0 Å². The largest absolute Gasteiger partial charge is 0.298 e. The number of aromatic nitrogens is 2. The zero-order valence-electron chi connectivity index (χ0n) is 9.07. The maximum atomic E-state index is 13.6. The van der Waals surface area contributed by atoms with E-state index >= 15 is 0 Å². The Labute approximate surface area is 92.5 Å². The number of benzene rings is 1. The van der Waals surface area contributed by atoms with Crippen molar-refractivity contribution in [1.82, 2.24) is 9.78 Å². The molecule has 0 spiro atoms. The van der Waals surface area contributed by atoms with Crippen molar-refractivity contribution in [2.45, 2.75) is 13.8 Å². The van der Waals surface area contributed by atoms with E-state index in [9.17, 15) is 9.18 Å². The number of halogens is 1. The van der Waals surface area contributed by atoms with E-state index in [1.165, 1.54) is 10.7 Å². The molecule has 0 fully saturated rings. The van der Waals surface area contributed by atoms with Crippen molar-refractivity contribution >= 4 is 6.29 Å². The molecule has 0 unspecified atom stereocenters. The van der Waals surface area contributed by atoms with Crippen molar-refractivity contribution < 1.29 is 9.18 Å². The highest BCUT2D eigenvalue weighted by atomic mass is 19.1. The average molecular weight is 218 g/mol. The Morgan fingerprint density at radius 3 is 2.56 bits per heavy atom. The quantitative estimate of drug-likeness (QED) is 0.725. The first-order chi connectivity index (χ1) is 7.65. The molecule has 0 aliphatic carbocycles. The van der Waals surface area contributed by atoms with E-state index in [1.807, 2.05) is 0 Å². The van der Waals surface area contributed by atoms with Crippen molar-refractivity contribution in [2.24, 2.45) is 0 Å². The van der Waals surface area contributed by atoms with Gasteiger partial charge in [0.1, 0.15) is 11.5 Å². The van der Waals surface area contributed by atoms with Gasteiger partial charge >= 0.3 is 0 Å². The third-order valence-corrected chi connectivity index (χ3v) is 2.55. The Morgan fingerprint density at radius 1 is 1.31 bits per heavy atom. The van der Waals surface area contributed by atoms with E-state index < -0.39 is 0 Å². The molecule has 2 rings (SSSR count). The summed E-state index contributed by atoms with van der Waals surface area (Å²) in [6.07, 6.45) is 0.745. The number of hydrogen-bond acceptors (Lipinski definition) is 2. The van der Waals surface area contributed by atoms with Gasteiger partial charge in [0.15, 0.2) is 6.29 Å². The lowest BCUT2D eigenvalue weighted by atomic mass is 10.2. The molecule has 0 radical (unpaired) electrons. The number of rotatable bonds is 2. The van der Waals surface area contributed by atoms with Crippen LogP contribution in [0.2, 0.25) is 0 Å². The molecule has 2 aromatic rings. The van der Waals surface area contributed by atoms with Gasteiger partial charge < -0.3 is 0 Å². The van der Waals surface area contributed by atoms with Crippen LogP contribution < -0.4 is 0 Å². The van der Waals surface area contributed by atoms with Gasteiger partial charge in [-0.1, -0.05) is 12.1 Å². The summed E-state index contributed by atoms with van der Waals surface area (Å²) in [5.41, 5.74) is 2.13. The van der Waals surface area contributed by atoms with E-state index in [4.69, 9.17) is 0 Å². The van der Waals surface area contributed by atoms with Crippen LogP contribution in [-0.4, -0.2) is 16.1 Å². The molecular weight excluding hydrogens is 207 g/mol. The Balaban J connectivity index is 2.66. The summed E-state index contributed by atoms with van der Waals surface area (Å²) in [5.74, 6) is -0.356. The molecule has 0 aliphatic heterocycles. The highest BCUT2D eigenvalue weighted by Crippen LogP contribution is 2.18. The fourth-order valence-corrected chi connectivity index (χ4v) is 1.68. The van der Waals surface area contributed by atoms with Crippen LogP contribution in [0.1, 0.15) is 21.7 Å². The number of carbonyl (C=O) groups is 1. The highest BCUT2D eigenvalue weighted by Gasteiger charge is 2.13. The lowest BCUT2D eigenvalue weighted by Gasteiger charge is -2.04. The molecule has 0 amide bonds. The Morgan fingerprint density at radius 2 is 2.00 bits per heavy atom. The number of aryl methyl sites for hydroxylation is 1. The average Bonchev–Trinajstić information content (AvgIpc) is 2.55. The zero-order valence-corrected chi connectivity index (χ0v) is 9.07. The lowest BCUT2D eigenvalue weighted by molar-refractivity contribution is 0.112. The molecule has 0 atom stereocenters. The SMILES string of the molecule is Cc1nn(-c2ccccc2F)c(C)c1C=O. The molecule has 82 valence electrons. The molecule has 4 heteroatoms. The molecule has 16 heavy (non-hydrogen) atoms. The molecule has 0 N–H and O–H groups in total. The predicted octanol–water partition coefficient (Wildman–Crippen LogP) is 2.44. The number of nitrogens with zero attached hydrogens (tertiary/aromatic N) is 2. The van der Waals surface area contributed by atoms with Crippen molar-refractivity contribution in [3.63, 3.8) is 0 Å². The Bertz CT molecular complexity index is 546. The summed E-state index contributed by atoms with van der Waals surface area (Å²) in [4.78, 5) is 10.8. The van der Waals surface area contributed by atoms with Crippen molar-refractivity contribution in [1.29, 1.82) is 0 Å². The fraction of sp³-hybridized carbons (Fsp3) is 0.167. The van der Waals surface area contributed by atoms with Gasteiger partial charge in [-0.25, -0.2) is 9.07 Å². The monoisotopic (exact) mass is 218 g/mol. The summed E-state index contributed by atoms with van der Waals surface area (Å²) in [5, 5.41) is 4.16. The molecule has 1 aromatic carbocycles. The van der Waals surface area contributed by atoms with Gasteiger partial charge in [-0.15, -0.1) is 0 Å². The third-order valence-electron chi connectivity index (χ3n) is 2.55. The normalized spacial score (nSPS) is 10.4. The smallest absolute Gasteiger partial charge is 0.153 e. The first kappa shape index (κ1) is 10.5. The van der Waals surface area contributed by atoms with Crippen LogP contribution in [0.25, 0.3) is 5.69 Å². The summed E-state index contributed by atoms with van der Waals surface area (Å²) < 4.78 is 15.0. The second-order valence-corrected chi connectivity index (χ2v) is 3.57. The van der Waals surface area contributed by atoms with Crippen LogP contribution in [0, 0.1) is 19.7 Å². The van der Waals surface area contributed by atoms with Gasteiger partial charge in [0.25, 0.3) is 0 Å². The summed E-state index contributed by atoms with van der Waals surface area (Å²) in [6.45, 7) is 3.48. The first-order valence-electron chi connectivity index (χ1n) is 4.91. The third kappa shape index (κ3) is 1.52. The molecule has 0 saturated heterocycles. The lowest BCUT2D eigenvalue weighted by Crippen LogP contribution is -2.02. The Kier molecular flexibility index (Phi) is 2.56. The zero-order chi connectivity index (χ0) is 11.7. The van der Waals surface area contributed by atoms with Gasteiger partial charge in [0, 0.05) is 0 Å². The van der Waals surface area contributed by atoms with E-state index in [0.29, 0.717) is 22.6 Å². The molecule has 1 heterocycles. The van der Waals surface area contributed by atoms with Crippen molar-refractivity contribution in [3.05, 3.63) is 47.0 Å². The van der Waals surface area contributed by atoms with Gasteiger partial charge in [-0.3, -0.25) is 4.79 Å². The molecule has 0 aliphatic rings. The standard InChI is InChI=1S/C12H11FN2O/c1-8-10(7-16)9(2)15(14-8)12-6-4-3-5-11(12)13/h3-7H,1-2H3. The highest BCUT2D eigenvalue weighted by molar-refractivity contribution is 5.78. The molecule has 3 nitrogen and oxygen atoms in total. The first-order valence-corrected chi connectivity index (χ1v) is 4.91. The predicted molar refractivity (Wildman–Crippen MR) is 58.4 cm³/mol. The van der Waals surface area contributed by atoms with Crippen LogP contribution in [0.5, 0.6) is 0 Å². The fourth-order valence-electron chi connectivity index (χ4n) is 1.68. The van der Waals surface area contributed by atoms with E-state index in [-0.39, 0.29) is 5.82 Å². The summed E-state index contributed by atoms with van der Waals surface area (Å²) >= 11 is 0. The van der Waals surface area contributed by atoms with Crippen LogP contribution >= 0.6 is 0 Å². The second kappa shape index (κ2) is 3.89. The van der Waals surface area contributed by atoms with Crippen molar-refractivity contribution in [3.8, 4) is 5.69 Å². The van der Waals surface area contributed by atoms with Crippen LogP contribution in [0.4, 0.5) is 4.39 Å².